The Labute approximate surface area is 180 Å². The van der Waals surface area contributed by atoms with Gasteiger partial charge in [0.15, 0.2) is 5.78 Å². The van der Waals surface area contributed by atoms with E-state index < -0.39 is 11.1 Å². The predicted molar refractivity (Wildman–Crippen MR) is 114 cm³/mol. The normalized spacial score (nSPS) is 24.4. The van der Waals surface area contributed by atoms with Crippen LogP contribution in [0.15, 0.2) is 41.5 Å². The first kappa shape index (κ1) is 19.6. The molecule has 1 aromatic carbocycles. The van der Waals surface area contributed by atoms with Crippen LogP contribution >= 0.6 is 0 Å². The second-order valence-electron chi connectivity index (χ2n) is 9.12. The molecular weight excluding hydrogens is 392 g/mol. The van der Waals surface area contributed by atoms with E-state index in [0.29, 0.717) is 17.9 Å². The van der Waals surface area contributed by atoms with Crippen LogP contribution < -0.4 is 10.5 Å². The summed E-state index contributed by atoms with van der Waals surface area (Å²) >= 11 is 0. The van der Waals surface area contributed by atoms with Gasteiger partial charge in [-0.1, -0.05) is 12.5 Å². The molecule has 7 heteroatoms. The summed E-state index contributed by atoms with van der Waals surface area (Å²) in [6.45, 7) is 4.62. The van der Waals surface area contributed by atoms with E-state index in [0.717, 1.165) is 36.1 Å². The number of nitrogens with two attached hydrogens (primary N) is 1. The van der Waals surface area contributed by atoms with Crippen LogP contribution in [0.25, 0.3) is 0 Å². The lowest BCUT2D eigenvalue weighted by atomic mass is 9.48. The molecule has 7 nitrogen and oxygen atoms in total. The number of hydrogen-bond acceptors (Lipinski definition) is 7. The lowest BCUT2D eigenvalue weighted by Gasteiger charge is -2.62. The van der Waals surface area contributed by atoms with Crippen molar-refractivity contribution in [1.82, 2.24) is 4.98 Å². The van der Waals surface area contributed by atoms with Crippen molar-refractivity contribution in [2.75, 3.05) is 6.61 Å². The number of nitrogens with zero attached hydrogens (tertiary/aromatic N) is 3. The lowest BCUT2D eigenvalue weighted by Crippen LogP contribution is -2.66. The number of benzene rings is 1. The minimum atomic E-state index is -0.613. The van der Waals surface area contributed by atoms with Crippen LogP contribution in [0.4, 0.5) is 0 Å². The van der Waals surface area contributed by atoms with E-state index in [1.807, 2.05) is 24.3 Å². The summed E-state index contributed by atoms with van der Waals surface area (Å²) in [5.74, 6) is 0.650. The Bertz CT molecular complexity index is 1140. The smallest absolute Gasteiger partial charge is 0.283 e. The largest absolute Gasteiger partial charge is 0.487 e. The molecular formula is C24H24N4O3. The van der Waals surface area contributed by atoms with Crippen molar-refractivity contribution in [3.8, 4) is 11.8 Å². The topological polar surface area (TPSA) is 111 Å². The maximum absolute atomic E-state index is 12.8. The van der Waals surface area contributed by atoms with Gasteiger partial charge in [-0.2, -0.15) is 5.26 Å². The third kappa shape index (κ3) is 2.67. The molecule has 0 saturated heterocycles. The number of ether oxygens (including phenoxy) is 2. The van der Waals surface area contributed by atoms with Crippen molar-refractivity contribution in [2.45, 2.75) is 50.7 Å². The summed E-state index contributed by atoms with van der Waals surface area (Å²) in [7, 11) is 0. The molecule has 1 atom stereocenters. The van der Waals surface area contributed by atoms with Gasteiger partial charge in [0.1, 0.15) is 35.3 Å². The summed E-state index contributed by atoms with van der Waals surface area (Å²) in [6, 6.07) is 11.2. The molecule has 0 radical (unpaired) electrons. The highest BCUT2D eigenvalue weighted by molar-refractivity contribution is 5.95. The van der Waals surface area contributed by atoms with Gasteiger partial charge < -0.3 is 15.2 Å². The van der Waals surface area contributed by atoms with E-state index in [1.165, 1.54) is 6.20 Å². The second kappa shape index (κ2) is 6.55. The number of ketones is 1. The molecule has 1 unspecified atom stereocenters. The van der Waals surface area contributed by atoms with Gasteiger partial charge in [-0.15, -0.1) is 0 Å². The van der Waals surface area contributed by atoms with Crippen LogP contribution in [0.3, 0.4) is 0 Å². The van der Waals surface area contributed by atoms with Gasteiger partial charge in [0.2, 0.25) is 0 Å². The zero-order valence-electron chi connectivity index (χ0n) is 17.6. The summed E-state index contributed by atoms with van der Waals surface area (Å²) in [5, 5.41) is 8.92. The lowest BCUT2D eigenvalue weighted by molar-refractivity contribution is -0.157. The number of carbonyl (C=O) groups is 1. The number of aromatic nitrogens is 1. The van der Waals surface area contributed by atoms with Crippen molar-refractivity contribution in [3.63, 3.8) is 0 Å². The van der Waals surface area contributed by atoms with Crippen LogP contribution in [0.5, 0.6) is 5.75 Å². The van der Waals surface area contributed by atoms with E-state index >= 15 is 0 Å². The fraction of sp³-hybridized carbons (Fsp3) is 0.417. The Morgan fingerprint density at radius 3 is 2.65 bits per heavy atom. The molecule has 1 aromatic heterocycles. The molecule has 0 bridgehead atoms. The zero-order chi connectivity index (χ0) is 21.9. The van der Waals surface area contributed by atoms with E-state index in [1.54, 1.807) is 12.1 Å². The standard InChI is InChI=1S/C24H24N4O3/c1-22(2)23(8-3-9-23)24(14-30-21(26)28-24)17-10-15(5-7-20(17)31-22)11-19(29)18-6-4-16(12-25)13-27-18/h4-7,10,13H,3,8-9,11,14H2,1-2H3,(H2,26,28). The number of aliphatic imine (C=N–C) groups is 1. The van der Waals surface area contributed by atoms with E-state index in [-0.39, 0.29) is 23.6 Å². The third-order valence-corrected chi connectivity index (χ3v) is 7.28. The van der Waals surface area contributed by atoms with Crippen LogP contribution in [0.1, 0.15) is 60.3 Å². The molecule has 2 N–H and O–H groups in total. The molecule has 0 amide bonds. The number of rotatable bonds is 3. The number of amidine groups is 1. The van der Waals surface area contributed by atoms with Gasteiger partial charge >= 0.3 is 0 Å². The van der Waals surface area contributed by atoms with Gasteiger partial charge in [-0.3, -0.25) is 9.78 Å². The van der Waals surface area contributed by atoms with Crippen molar-refractivity contribution in [1.29, 1.82) is 5.26 Å². The maximum Gasteiger partial charge on any atom is 0.283 e. The fourth-order valence-electron chi connectivity index (χ4n) is 5.49. The Morgan fingerprint density at radius 2 is 2.06 bits per heavy atom. The molecule has 2 spiro atoms. The van der Waals surface area contributed by atoms with Crippen molar-refractivity contribution in [2.24, 2.45) is 16.1 Å². The first-order valence-corrected chi connectivity index (χ1v) is 10.5. The number of fused-ring (bicyclic) bond motifs is 3. The monoisotopic (exact) mass is 416 g/mol. The van der Waals surface area contributed by atoms with Crippen molar-refractivity contribution in [3.05, 3.63) is 58.9 Å². The molecule has 2 aliphatic heterocycles. The van der Waals surface area contributed by atoms with Crippen LogP contribution in [-0.4, -0.2) is 29.0 Å². The van der Waals surface area contributed by atoms with Gasteiger partial charge in [-0.25, -0.2) is 4.99 Å². The highest BCUT2D eigenvalue weighted by Gasteiger charge is 2.69. The molecule has 1 saturated carbocycles. The molecule has 1 fully saturated rings. The molecule has 158 valence electrons. The third-order valence-electron chi connectivity index (χ3n) is 7.28. The molecule has 2 aromatic rings. The fourth-order valence-corrected chi connectivity index (χ4v) is 5.49. The van der Waals surface area contributed by atoms with Crippen LogP contribution in [0, 0.1) is 16.7 Å². The first-order chi connectivity index (χ1) is 14.8. The number of Topliss-reactive ketones (excluding diaryl/α,β-unsaturated/α-hetero) is 1. The quantitative estimate of drug-likeness (QED) is 0.769. The van der Waals surface area contributed by atoms with Crippen LogP contribution in [-0.2, 0) is 16.7 Å². The summed E-state index contributed by atoms with van der Waals surface area (Å²) in [5.41, 5.74) is 7.33. The van der Waals surface area contributed by atoms with Gasteiger partial charge in [0.25, 0.3) is 6.02 Å². The number of nitriles is 1. The molecule has 3 heterocycles. The number of pyridine rings is 1. The number of carbonyl (C=O) groups excluding carboxylic acids is 1. The summed E-state index contributed by atoms with van der Waals surface area (Å²) in [6.07, 6.45) is 4.69. The van der Waals surface area contributed by atoms with Crippen molar-refractivity contribution < 1.29 is 14.3 Å². The molecule has 3 aliphatic rings. The minimum Gasteiger partial charge on any atom is -0.487 e. The minimum absolute atomic E-state index is 0.111. The van der Waals surface area contributed by atoms with E-state index in [2.05, 4.69) is 18.8 Å². The SMILES string of the molecule is CC1(C)Oc2ccc(CC(=O)c3ccc(C#N)cn3)cc2C2(COC(N)=N2)C12CCC2. The average molecular weight is 416 g/mol. The van der Waals surface area contributed by atoms with Crippen LogP contribution in [0.2, 0.25) is 0 Å². The van der Waals surface area contributed by atoms with Gasteiger partial charge in [0, 0.05) is 23.6 Å². The van der Waals surface area contributed by atoms with Gasteiger partial charge in [0.05, 0.1) is 5.56 Å². The Balaban J connectivity index is 1.54. The summed E-state index contributed by atoms with van der Waals surface area (Å²) < 4.78 is 12.2. The maximum atomic E-state index is 12.8. The molecule has 1 aliphatic carbocycles. The summed E-state index contributed by atoms with van der Waals surface area (Å²) in [4.78, 5) is 21.8. The highest BCUT2D eigenvalue weighted by atomic mass is 16.5. The Morgan fingerprint density at radius 1 is 1.26 bits per heavy atom. The molecule has 5 rings (SSSR count). The highest BCUT2D eigenvalue weighted by Crippen LogP contribution is 2.67. The number of hydrogen-bond donors (Lipinski definition) is 1. The first-order valence-electron chi connectivity index (χ1n) is 10.5. The van der Waals surface area contributed by atoms with E-state index in [4.69, 9.17) is 25.5 Å². The second-order valence-corrected chi connectivity index (χ2v) is 9.12. The Hall–Kier alpha value is -3.40. The van der Waals surface area contributed by atoms with Gasteiger partial charge in [-0.05, 0) is 56.5 Å². The molecule has 31 heavy (non-hydrogen) atoms. The van der Waals surface area contributed by atoms with E-state index in [9.17, 15) is 4.79 Å². The zero-order valence-corrected chi connectivity index (χ0v) is 17.6. The Kier molecular flexibility index (Phi) is 4.13. The average Bonchev–Trinajstić information content (AvgIpc) is 3.09. The predicted octanol–water partition coefficient (Wildman–Crippen LogP) is 3.26. The van der Waals surface area contributed by atoms with Crippen molar-refractivity contribution >= 4 is 11.8 Å².